The van der Waals surface area contributed by atoms with E-state index in [0.717, 1.165) is 48.6 Å². The first-order valence-corrected chi connectivity index (χ1v) is 8.42. The van der Waals surface area contributed by atoms with Crippen LogP contribution in [0.2, 0.25) is 0 Å². The molecule has 0 spiro atoms. The summed E-state index contributed by atoms with van der Waals surface area (Å²) in [5, 5.41) is 0.982. The molecule has 25 heavy (non-hydrogen) atoms. The molecule has 1 aliphatic rings. The van der Waals surface area contributed by atoms with Crippen LogP contribution in [0.1, 0.15) is 5.56 Å². The van der Waals surface area contributed by atoms with Crippen molar-refractivity contribution in [1.82, 2.24) is 4.98 Å². The maximum Gasteiger partial charge on any atom is 0.129 e. The molecule has 1 fully saturated rings. The SMILES string of the molecule is Cc1cc(N2CCN(c3ccc(F)cc3)CC2)nc2cc(F)ccc12. The predicted octanol–water partition coefficient (Wildman–Crippen LogP) is 4.15. The number of halogens is 2. The van der Waals surface area contributed by atoms with Crippen LogP contribution in [-0.4, -0.2) is 31.2 Å². The summed E-state index contributed by atoms with van der Waals surface area (Å²) in [7, 11) is 0. The van der Waals surface area contributed by atoms with Crippen molar-refractivity contribution in [3.8, 4) is 0 Å². The number of rotatable bonds is 2. The molecule has 2 heterocycles. The second-order valence-electron chi connectivity index (χ2n) is 6.41. The van der Waals surface area contributed by atoms with Crippen molar-refractivity contribution in [2.75, 3.05) is 36.0 Å². The molecule has 3 aromatic rings. The Morgan fingerprint density at radius 2 is 1.44 bits per heavy atom. The fourth-order valence-corrected chi connectivity index (χ4v) is 3.37. The van der Waals surface area contributed by atoms with E-state index >= 15 is 0 Å². The molecule has 5 heteroatoms. The second kappa shape index (κ2) is 6.31. The van der Waals surface area contributed by atoms with E-state index in [-0.39, 0.29) is 11.6 Å². The smallest absolute Gasteiger partial charge is 0.129 e. The molecule has 128 valence electrons. The third kappa shape index (κ3) is 3.14. The first-order chi connectivity index (χ1) is 12.1. The molecule has 0 unspecified atom stereocenters. The Morgan fingerprint density at radius 1 is 0.800 bits per heavy atom. The van der Waals surface area contributed by atoms with Crippen LogP contribution in [0, 0.1) is 18.6 Å². The van der Waals surface area contributed by atoms with Crippen LogP contribution in [0.4, 0.5) is 20.3 Å². The Labute approximate surface area is 145 Å². The van der Waals surface area contributed by atoms with Crippen molar-refractivity contribution in [3.63, 3.8) is 0 Å². The zero-order chi connectivity index (χ0) is 17.4. The summed E-state index contributed by atoms with van der Waals surface area (Å²) in [6, 6.07) is 13.4. The minimum atomic E-state index is -0.266. The van der Waals surface area contributed by atoms with Gasteiger partial charge in [0.15, 0.2) is 0 Å². The summed E-state index contributed by atoms with van der Waals surface area (Å²) < 4.78 is 26.6. The summed E-state index contributed by atoms with van der Waals surface area (Å²) in [5.41, 5.74) is 2.82. The van der Waals surface area contributed by atoms with Gasteiger partial charge in [-0.3, -0.25) is 0 Å². The van der Waals surface area contributed by atoms with E-state index in [1.807, 2.05) is 19.1 Å². The number of hydrogen-bond donors (Lipinski definition) is 0. The maximum absolute atomic E-state index is 13.5. The molecule has 1 aromatic heterocycles. The Kier molecular flexibility index (Phi) is 3.99. The van der Waals surface area contributed by atoms with E-state index in [2.05, 4.69) is 20.9 Å². The number of pyridine rings is 1. The number of anilines is 2. The number of nitrogens with zero attached hydrogens (tertiary/aromatic N) is 3. The lowest BCUT2D eigenvalue weighted by Crippen LogP contribution is -2.46. The maximum atomic E-state index is 13.5. The van der Waals surface area contributed by atoms with Crippen LogP contribution < -0.4 is 9.80 Å². The van der Waals surface area contributed by atoms with E-state index < -0.39 is 0 Å². The summed E-state index contributed by atoms with van der Waals surface area (Å²) in [5.74, 6) is 0.400. The molecule has 0 atom stereocenters. The molecule has 3 nitrogen and oxygen atoms in total. The van der Waals surface area contributed by atoms with Crippen molar-refractivity contribution < 1.29 is 8.78 Å². The van der Waals surface area contributed by atoms with Crippen molar-refractivity contribution in [1.29, 1.82) is 0 Å². The van der Waals surface area contributed by atoms with Gasteiger partial charge in [0.25, 0.3) is 0 Å². The normalized spacial score (nSPS) is 15.0. The van der Waals surface area contributed by atoms with Crippen molar-refractivity contribution in [2.24, 2.45) is 0 Å². The number of fused-ring (bicyclic) bond motifs is 1. The first kappa shape index (κ1) is 15.8. The Hall–Kier alpha value is -2.69. The molecule has 0 N–H and O–H groups in total. The van der Waals surface area contributed by atoms with Crippen molar-refractivity contribution in [2.45, 2.75) is 6.92 Å². The fourth-order valence-electron chi connectivity index (χ4n) is 3.37. The topological polar surface area (TPSA) is 19.4 Å². The van der Waals surface area contributed by atoms with Gasteiger partial charge >= 0.3 is 0 Å². The van der Waals surface area contributed by atoms with E-state index in [9.17, 15) is 8.78 Å². The average Bonchev–Trinajstić information content (AvgIpc) is 2.62. The van der Waals surface area contributed by atoms with Gasteiger partial charge in [-0.05, 0) is 55.0 Å². The van der Waals surface area contributed by atoms with Crippen LogP contribution in [0.5, 0.6) is 0 Å². The Bertz CT molecular complexity index is 901. The number of aromatic nitrogens is 1. The van der Waals surface area contributed by atoms with Crippen LogP contribution in [0.25, 0.3) is 10.9 Å². The molecular formula is C20H19F2N3. The van der Waals surface area contributed by atoms with Gasteiger partial charge in [-0.25, -0.2) is 13.8 Å². The van der Waals surface area contributed by atoms with Crippen molar-refractivity contribution in [3.05, 3.63) is 65.7 Å². The van der Waals surface area contributed by atoms with Gasteiger partial charge in [0, 0.05) is 43.3 Å². The number of piperazine rings is 1. The largest absolute Gasteiger partial charge is 0.368 e. The summed E-state index contributed by atoms with van der Waals surface area (Å²) in [6.45, 7) is 5.36. The van der Waals surface area contributed by atoms with E-state index in [1.54, 1.807) is 6.07 Å². The highest BCUT2D eigenvalue weighted by atomic mass is 19.1. The highest BCUT2D eigenvalue weighted by Crippen LogP contribution is 2.25. The lowest BCUT2D eigenvalue weighted by molar-refractivity contribution is 0.624. The zero-order valence-electron chi connectivity index (χ0n) is 14.0. The van der Waals surface area contributed by atoms with Gasteiger partial charge in [-0.2, -0.15) is 0 Å². The molecule has 1 saturated heterocycles. The highest BCUT2D eigenvalue weighted by Gasteiger charge is 2.19. The number of benzene rings is 2. The van der Waals surface area contributed by atoms with E-state index in [4.69, 9.17) is 0 Å². The van der Waals surface area contributed by atoms with Gasteiger partial charge in [0.05, 0.1) is 5.52 Å². The van der Waals surface area contributed by atoms with E-state index in [0.29, 0.717) is 5.52 Å². The summed E-state index contributed by atoms with van der Waals surface area (Å²) in [4.78, 5) is 9.11. The lowest BCUT2D eigenvalue weighted by Gasteiger charge is -2.37. The standard InChI is InChI=1S/C20H19F2N3/c1-14-12-20(23-19-13-16(22)4-7-18(14)19)25-10-8-24(9-11-25)17-5-2-15(21)3-6-17/h2-7,12-13H,8-11H2,1H3. The Balaban J connectivity index is 1.54. The van der Waals surface area contributed by atoms with Gasteiger partial charge in [0.1, 0.15) is 17.5 Å². The molecule has 0 saturated carbocycles. The first-order valence-electron chi connectivity index (χ1n) is 8.42. The molecule has 0 radical (unpaired) electrons. The molecule has 0 amide bonds. The van der Waals surface area contributed by atoms with Gasteiger partial charge < -0.3 is 9.80 Å². The minimum absolute atomic E-state index is 0.217. The molecule has 0 aliphatic carbocycles. The molecule has 0 bridgehead atoms. The molecular weight excluding hydrogens is 320 g/mol. The van der Waals surface area contributed by atoms with Gasteiger partial charge in [-0.1, -0.05) is 0 Å². The summed E-state index contributed by atoms with van der Waals surface area (Å²) >= 11 is 0. The third-order valence-corrected chi connectivity index (χ3v) is 4.76. The summed E-state index contributed by atoms with van der Waals surface area (Å²) in [6.07, 6.45) is 0. The van der Waals surface area contributed by atoms with Crippen LogP contribution in [-0.2, 0) is 0 Å². The second-order valence-corrected chi connectivity index (χ2v) is 6.41. The van der Waals surface area contributed by atoms with E-state index in [1.165, 1.54) is 24.3 Å². The van der Waals surface area contributed by atoms with Gasteiger partial charge in [-0.15, -0.1) is 0 Å². The predicted molar refractivity (Wildman–Crippen MR) is 97.3 cm³/mol. The zero-order valence-corrected chi connectivity index (χ0v) is 14.0. The monoisotopic (exact) mass is 339 g/mol. The third-order valence-electron chi connectivity index (χ3n) is 4.76. The van der Waals surface area contributed by atoms with Crippen LogP contribution in [0.15, 0.2) is 48.5 Å². The minimum Gasteiger partial charge on any atom is -0.368 e. The quantitative estimate of drug-likeness (QED) is 0.699. The average molecular weight is 339 g/mol. The number of aryl methyl sites for hydroxylation is 1. The van der Waals surface area contributed by atoms with Crippen LogP contribution >= 0.6 is 0 Å². The highest BCUT2D eigenvalue weighted by molar-refractivity contribution is 5.84. The molecule has 2 aromatic carbocycles. The van der Waals surface area contributed by atoms with Crippen LogP contribution in [0.3, 0.4) is 0 Å². The van der Waals surface area contributed by atoms with Gasteiger partial charge in [0.2, 0.25) is 0 Å². The lowest BCUT2D eigenvalue weighted by atomic mass is 10.1. The fraction of sp³-hybridized carbons (Fsp3) is 0.250. The molecule has 1 aliphatic heterocycles. The molecule has 4 rings (SSSR count). The Morgan fingerprint density at radius 3 is 2.16 bits per heavy atom. The van der Waals surface area contributed by atoms with Crippen molar-refractivity contribution >= 4 is 22.4 Å². The number of hydrogen-bond acceptors (Lipinski definition) is 3.